The maximum Gasteiger partial charge on any atom is 0.230 e. The van der Waals surface area contributed by atoms with Crippen molar-refractivity contribution in [3.05, 3.63) is 30.0 Å². The molecule has 1 fully saturated rings. The molecule has 2 aromatic heterocycles. The molecule has 3 rings (SSSR count). The Kier molecular flexibility index (Phi) is 4.57. The Morgan fingerprint density at radius 1 is 1.27 bits per heavy atom. The first-order valence-corrected chi connectivity index (χ1v) is 8.14. The minimum Gasteiger partial charge on any atom is -0.424 e. The summed E-state index contributed by atoms with van der Waals surface area (Å²) in [6.07, 6.45) is 6.38. The van der Waals surface area contributed by atoms with E-state index in [1.807, 2.05) is 6.20 Å². The Morgan fingerprint density at radius 3 is 2.64 bits per heavy atom. The molecule has 0 atom stereocenters. The number of piperidine rings is 1. The normalized spacial score (nSPS) is 17.5. The van der Waals surface area contributed by atoms with Crippen LogP contribution in [0.2, 0.25) is 0 Å². The zero-order chi connectivity index (χ0) is 15.5. The smallest absolute Gasteiger partial charge is 0.230 e. The van der Waals surface area contributed by atoms with Crippen LogP contribution in [0.15, 0.2) is 16.8 Å². The molecule has 0 aromatic carbocycles. The molecule has 0 aliphatic carbocycles. The van der Waals surface area contributed by atoms with Crippen LogP contribution in [0.5, 0.6) is 0 Å². The first kappa shape index (κ1) is 15.2. The van der Waals surface area contributed by atoms with E-state index < -0.39 is 0 Å². The van der Waals surface area contributed by atoms with Gasteiger partial charge in [0.15, 0.2) is 0 Å². The summed E-state index contributed by atoms with van der Waals surface area (Å²) in [5, 5.41) is 8.25. The lowest BCUT2D eigenvalue weighted by Crippen LogP contribution is -2.34. The monoisotopic (exact) mass is 303 g/mol. The maximum atomic E-state index is 5.70. The fraction of sp³-hybridized carbons (Fsp3) is 0.688. The van der Waals surface area contributed by atoms with Crippen LogP contribution in [0, 0.1) is 12.8 Å². The molecule has 0 unspecified atom stereocenters. The van der Waals surface area contributed by atoms with Gasteiger partial charge < -0.3 is 8.98 Å². The number of nitrogens with zero attached hydrogens (tertiary/aromatic N) is 5. The van der Waals surface area contributed by atoms with Gasteiger partial charge in [0, 0.05) is 24.9 Å². The first-order chi connectivity index (χ1) is 10.6. The van der Waals surface area contributed by atoms with Crippen molar-refractivity contribution >= 4 is 0 Å². The van der Waals surface area contributed by atoms with E-state index in [2.05, 4.69) is 51.6 Å². The molecule has 3 heterocycles. The molecule has 6 heteroatoms. The highest BCUT2D eigenvalue weighted by Crippen LogP contribution is 2.21. The van der Waals surface area contributed by atoms with Crippen LogP contribution in [0.4, 0.5) is 0 Å². The van der Waals surface area contributed by atoms with E-state index in [9.17, 15) is 0 Å². The minimum absolute atomic E-state index is 0.297. The van der Waals surface area contributed by atoms with Crippen molar-refractivity contribution in [3.63, 3.8) is 0 Å². The summed E-state index contributed by atoms with van der Waals surface area (Å²) < 4.78 is 7.96. The van der Waals surface area contributed by atoms with E-state index in [1.165, 1.54) is 12.8 Å². The summed E-state index contributed by atoms with van der Waals surface area (Å²) in [6, 6.07) is 0. The van der Waals surface area contributed by atoms with Crippen molar-refractivity contribution in [2.24, 2.45) is 5.92 Å². The lowest BCUT2D eigenvalue weighted by molar-refractivity contribution is 0.154. The van der Waals surface area contributed by atoms with Crippen LogP contribution in [0.25, 0.3) is 0 Å². The molecule has 0 spiro atoms. The summed E-state index contributed by atoms with van der Waals surface area (Å²) >= 11 is 0. The number of hydrogen-bond acceptors (Lipinski definition) is 5. The topological polar surface area (TPSA) is 60.0 Å². The molecule has 0 amide bonds. The van der Waals surface area contributed by atoms with Crippen molar-refractivity contribution in [1.82, 2.24) is 24.6 Å². The third-order valence-electron chi connectivity index (χ3n) is 4.42. The number of imidazole rings is 1. The van der Waals surface area contributed by atoms with Gasteiger partial charge in [-0.05, 0) is 38.8 Å². The second-order valence-electron chi connectivity index (χ2n) is 6.54. The Bertz CT molecular complexity index is 595. The van der Waals surface area contributed by atoms with Gasteiger partial charge in [0.25, 0.3) is 0 Å². The van der Waals surface area contributed by atoms with E-state index in [0.29, 0.717) is 5.92 Å². The van der Waals surface area contributed by atoms with Crippen molar-refractivity contribution in [2.75, 3.05) is 13.1 Å². The number of aryl methyl sites for hydroxylation is 1. The molecule has 0 bridgehead atoms. The molecular weight excluding hydrogens is 278 g/mol. The van der Waals surface area contributed by atoms with Gasteiger partial charge in [0.2, 0.25) is 11.8 Å². The predicted octanol–water partition coefficient (Wildman–Crippen LogP) is 2.61. The van der Waals surface area contributed by atoms with Gasteiger partial charge in [-0.3, -0.25) is 4.90 Å². The van der Waals surface area contributed by atoms with E-state index in [1.54, 1.807) is 0 Å². The van der Waals surface area contributed by atoms with Gasteiger partial charge in [0.1, 0.15) is 5.82 Å². The minimum atomic E-state index is 0.297. The molecule has 120 valence electrons. The molecule has 0 saturated carbocycles. The summed E-state index contributed by atoms with van der Waals surface area (Å²) in [7, 11) is 0. The Balaban J connectivity index is 1.48. The predicted molar refractivity (Wildman–Crippen MR) is 83.4 cm³/mol. The molecule has 0 radical (unpaired) electrons. The Hall–Kier alpha value is -1.69. The number of aromatic nitrogens is 4. The average Bonchev–Trinajstić information content (AvgIpc) is 3.11. The lowest BCUT2D eigenvalue weighted by atomic mass is 9.96. The summed E-state index contributed by atoms with van der Waals surface area (Å²) in [5.74, 6) is 3.62. The SMILES string of the molecule is Cc1nccn1CC1CCN(Cc2nnc(C(C)C)o2)CC1. The number of rotatable bonds is 5. The van der Waals surface area contributed by atoms with Crippen LogP contribution in [0.1, 0.15) is 50.2 Å². The van der Waals surface area contributed by atoms with Crippen molar-refractivity contribution in [2.45, 2.75) is 52.6 Å². The lowest BCUT2D eigenvalue weighted by Gasteiger charge is -2.31. The average molecular weight is 303 g/mol. The van der Waals surface area contributed by atoms with E-state index in [-0.39, 0.29) is 0 Å². The maximum absolute atomic E-state index is 5.70. The van der Waals surface area contributed by atoms with Gasteiger partial charge in [-0.25, -0.2) is 4.98 Å². The van der Waals surface area contributed by atoms with Crippen LogP contribution >= 0.6 is 0 Å². The quantitative estimate of drug-likeness (QED) is 0.849. The second-order valence-corrected chi connectivity index (χ2v) is 6.54. The van der Waals surface area contributed by atoms with Gasteiger partial charge in [0.05, 0.1) is 6.54 Å². The highest BCUT2D eigenvalue weighted by molar-refractivity contribution is 4.90. The molecule has 6 nitrogen and oxygen atoms in total. The molecule has 2 aromatic rings. The van der Waals surface area contributed by atoms with Gasteiger partial charge in [-0.15, -0.1) is 10.2 Å². The molecular formula is C16H25N5O. The van der Waals surface area contributed by atoms with Gasteiger partial charge in [-0.2, -0.15) is 0 Å². The van der Waals surface area contributed by atoms with E-state index in [0.717, 1.165) is 49.7 Å². The third-order valence-corrected chi connectivity index (χ3v) is 4.42. The van der Waals surface area contributed by atoms with Crippen LogP contribution < -0.4 is 0 Å². The third kappa shape index (κ3) is 3.55. The Morgan fingerprint density at radius 2 is 2.05 bits per heavy atom. The van der Waals surface area contributed by atoms with Crippen molar-refractivity contribution < 1.29 is 4.42 Å². The zero-order valence-electron chi connectivity index (χ0n) is 13.7. The summed E-state index contributed by atoms with van der Waals surface area (Å²) in [5.41, 5.74) is 0. The van der Waals surface area contributed by atoms with Crippen LogP contribution in [-0.4, -0.2) is 37.7 Å². The first-order valence-electron chi connectivity index (χ1n) is 8.14. The zero-order valence-corrected chi connectivity index (χ0v) is 13.7. The molecule has 1 saturated heterocycles. The van der Waals surface area contributed by atoms with Crippen molar-refractivity contribution in [3.8, 4) is 0 Å². The molecule has 0 N–H and O–H groups in total. The largest absolute Gasteiger partial charge is 0.424 e. The number of likely N-dealkylation sites (tertiary alicyclic amines) is 1. The summed E-state index contributed by atoms with van der Waals surface area (Å²) in [4.78, 5) is 6.71. The molecule has 1 aliphatic heterocycles. The van der Waals surface area contributed by atoms with E-state index >= 15 is 0 Å². The molecule has 22 heavy (non-hydrogen) atoms. The highest BCUT2D eigenvalue weighted by atomic mass is 16.4. The van der Waals surface area contributed by atoms with Gasteiger partial charge >= 0.3 is 0 Å². The fourth-order valence-electron chi connectivity index (χ4n) is 2.96. The van der Waals surface area contributed by atoms with Crippen LogP contribution in [0.3, 0.4) is 0 Å². The number of hydrogen-bond donors (Lipinski definition) is 0. The standard InChI is InChI=1S/C16H25N5O/c1-12(2)16-19-18-15(22-16)11-20-7-4-14(5-8-20)10-21-9-6-17-13(21)3/h6,9,12,14H,4-5,7-8,10-11H2,1-3H3. The second kappa shape index (κ2) is 6.60. The highest BCUT2D eigenvalue weighted by Gasteiger charge is 2.21. The fourth-order valence-corrected chi connectivity index (χ4v) is 2.96. The molecule has 1 aliphatic rings. The van der Waals surface area contributed by atoms with E-state index in [4.69, 9.17) is 4.42 Å². The van der Waals surface area contributed by atoms with Gasteiger partial charge in [-0.1, -0.05) is 13.8 Å². The Labute approximate surface area is 131 Å². The van der Waals surface area contributed by atoms with Crippen molar-refractivity contribution in [1.29, 1.82) is 0 Å². The van der Waals surface area contributed by atoms with Crippen LogP contribution in [-0.2, 0) is 13.1 Å². The summed E-state index contributed by atoms with van der Waals surface area (Å²) in [6.45, 7) is 10.3.